The van der Waals surface area contributed by atoms with E-state index in [-0.39, 0.29) is 24.4 Å². The van der Waals surface area contributed by atoms with Gasteiger partial charge in [-0.05, 0) is 47.4 Å². The van der Waals surface area contributed by atoms with Gasteiger partial charge < -0.3 is 10.1 Å². The first-order valence-electron chi connectivity index (χ1n) is 10.3. The lowest BCUT2D eigenvalue weighted by Gasteiger charge is -2.29. The van der Waals surface area contributed by atoms with Gasteiger partial charge in [0, 0.05) is 31.6 Å². The number of benzene rings is 2. The van der Waals surface area contributed by atoms with Crippen LogP contribution < -0.4 is 15.4 Å². The number of hydrogen-bond donors (Lipinski definition) is 2. The molecule has 3 amide bonds. The van der Waals surface area contributed by atoms with Gasteiger partial charge in [-0.2, -0.15) is 8.78 Å². The van der Waals surface area contributed by atoms with Crippen molar-refractivity contribution in [2.75, 3.05) is 7.11 Å². The van der Waals surface area contributed by atoms with E-state index in [9.17, 15) is 23.2 Å². The van der Waals surface area contributed by atoms with Crippen LogP contribution in [0.15, 0.2) is 42.5 Å². The number of halogens is 2. The predicted octanol–water partition coefficient (Wildman–Crippen LogP) is 2.22. The highest BCUT2D eigenvalue weighted by Gasteiger charge is 2.40. The Kier molecular flexibility index (Phi) is 5.92. The lowest BCUT2D eigenvalue weighted by Crippen LogP contribution is -2.50. The number of methoxy groups -OCH3 is 1. The summed E-state index contributed by atoms with van der Waals surface area (Å²) >= 11 is 0. The lowest BCUT2D eigenvalue weighted by molar-refractivity contribution is -0.147. The molecule has 7 nitrogen and oxygen atoms in total. The molecule has 2 heterocycles. The van der Waals surface area contributed by atoms with E-state index in [1.807, 2.05) is 17.0 Å². The molecule has 0 saturated carbocycles. The number of nitrogens with one attached hydrogen (secondary N) is 2. The summed E-state index contributed by atoms with van der Waals surface area (Å²) in [6.07, 6.45) is 0.783. The van der Waals surface area contributed by atoms with Crippen molar-refractivity contribution in [2.45, 2.75) is 44.4 Å². The fourth-order valence-corrected chi connectivity index (χ4v) is 4.06. The average molecular weight is 443 g/mol. The summed E-state index contributed by atoms with van der Waals surface area (Å²) in [5.74, 6) is -5.18. The number of nitrogens with zero attached hydrogens (tertiary/aromatic N) is 1. The van der Waals surface area contributed by atoms with Crippen molar-refractivity contribution in [1.29, 1.82) is 0 Å². The normalized spacial score (nSPS) is 18.8. The highest BCUT2D eigenvalue weighted by molar-refractivity contribution is 6.00. The van der Waals surface area contributed by atoms with Crippen LogP contribution in [0, 0.1) is 0 Å². The molecule has 2 N–H and O–H groups in total. The Morgan fingerprint density at radius 2 is 1.88 bits per heavy atom. The van der Waals surface area contributed by atoms with E-state index in [0.717, 1.165) is 23.3 Å². The Hall–Kier alpha value is -3.33. The Morgan fingerprint density at radius 3 is 2.56 bits per heavy atom. The van der Waals surface area contributed by atoms with E-state index in [4.69, 9.17) is 4.74 Å². The van der Waals surface area contributed by atoms with E-state index in [1.165, 1.54) is 19.2 Å². The largest absolute Gasteiger partial charge is 0.497 e. The molecule has 0 bridgehead atoms. The Labute approximate surface area is 183 Å². The van der Waals surface area contributed by atoms with Crippen molar-refractivity contribution in [3.05, 3.63) is 64.7 Å². The fraction of sp³-hybridized carbons (Fsp3) is 0.348. The first-order valence-corrected chi connectivity index (χ1v) is 10.3. The summed E-state index contributed by atoms with van der Waals surface area (Å²) in [6, 6.07) is 10.2. The highest BCUT2D eigenvalue weighted by Crippen LogP contribution is 2.30. The summed E-state index contributed by atoms with van der Waals surface area (Å²) < 4.78 is 34.0. The third-order valence-corrected chi connectivity index (χ3v) is 5.86. The van der Waals surface area contributed by atoms with Gasteiger partial charge in [-0.15, -0.1) is 0 Å². The highest BCUT2D eigenvalue weighted by atomic mass is 19.3. The third-order valence-electron chi connectivity index (χ3n) is 5.86. The van der Waals surface area contributed by atoms with Gasteiger partial charge in [0.15, 0.2) is 0 Å². The van der Waals surface area contributed by atoms with Crippen LogP contribution >= 0.6 is 0 Å². The third kappa shape index (κ3) is 4.34. The molecule has 32 heavy (non-hydrogen) atoms. The maximum atomic E-state index is 14.5. The minimum Gasteiger partial charge on any atom is -0.497 e. The Morgan fingerprint density at radius 1 is 1.16 bits per heavy atom. The van der Waals surface area contributed by atoms with Crippen molar-refractivity contribution >= 4 is 17.7 Å². The van der Waals surface area contributed by atoms with Crippen LogP contribution in [0.2, 0.25) is 0 Å². The number of imide groups is 1. The smallest absolute Gasteiger partial charge is 0.349 e. The van der Waals surface area contributed by atoms with Gasteiger partial charge in [0.05, 0.1) is 13.2 Å². The number of ether oxygens (including phenoxy) is 1. The summed E-state index contributed by atoms with van der Waals surface area (Å²) in [7, 11) is 1.43. The van der Waals surface area contributed by atoms with E-state index < -0.39 is 17.4 Å². The number of fused-ring (bicyclic) bond motifs is 1. The minimum absolute atomic E-state index is 0.0454. The van der Waals surface area contributed by atoms with Crippen LogP contribution in [0.5, 0.6) is 5.75 Å². The summed E-state index contributed by atoms with van der Waals surface area (Å²) in [6.45, 7) is 1.05. The predicted molar refractivity (Wildman–Crippen MR) is 111 cm³/mol. The molecule has 1 atom stereocenters. The number of rotatable bonds is 6. The standard InChI is InChI=1S/C23H23F2N3O4/c1-32-18-6-4-17(5-7-18)23(24,25)22(31)26-11-14-2-3-15-12-28(13-16(15)10-14)19-8-9-20(29)27-21(19)30/h2-7,10,19H,8-9,11-13H2,1H3,(H,26,31)(H,27,29,30). The molecule has 1 saturated heterocycles. The van der Waals surface area contributed by atoms with E-state index in [2.05, 4.69) is 10.6 Å². The second kappa shape index (κ2) is 8.66. The summed E-state index contributed by atoms with van der Waals surface area (Å²) in [5.41, 5.74) is 2.29. The van der Waals surface area contributed by atoms with Gasteiger partial charge >= 0.3 is 5.92 Å². The second-order valence-electron chi connectivity index (χ2n) is 7.96. The van der Waals surface area contributed by atoms with E-state index in [0.29, 0.717) is 37.2 Å². The number of amides is 3. The summed E-state index contributed by atoms with van der Waals surface area (Å²) in [4.78, 5) is 37.7. The molecule has 4 rings (SSSR count). The molecule has 0 aromatic heterocycles. The topological polar surface area (TPSA) is 87.7 Å². The zero-order valence-corrected chi connectivity index (χ0v) is 17.5. The number of piperidine rings is 1. The first kappa shape index (κ1) is 21.9. The molecule has 0 radical (unpaired) electrons. The molecule has 9 heteroatoms. The Balaban J connectivity index is 1.38. The number of carbonyl (C=O) groups excluding carboxylic acids is 3. The van der Waals surface area contributed by atoms with E-state index in [1.54, 1.807) is 6.07 Å². The second-order valence-corrected chi connectivity index (χ2v) is 7.96. The van der Waals surface area contributed by atoms with Crippen molar-refractivity contribution < 1.29 is 27.9 Å². The molecule has 168 valence electrons. The molecule has 2 aliphatic rings. The molecule has 1 unspecified atom stereocenters. The Bertz CT molecular complexity index is 1060. The fourth-order valence-electron chi connectivity index (χ4n) is 4.06. The van der Waals surface area contributed by atoms with Gasteiger partial charge in [-0.1, -0.05) is 18.2 Å². The average Bonchev–Trinajstić information content (AvgIpc) is 3.20. The maximum absolute atomic E-state index is 14.5. The zero-order valence-electron chi connectivity index (χ0n) is 17.5. The molecular weight excluding hydrogens is 420 g/mol. The molecular formula is C23H23F2N3O4. The quantitative estimate of drug-likeness (QED) is 0.669. The van der Waals surface area contributed by atoms with Crippen LogP contribution in [0.3, 0.4) is 0 Å². The number of carbonyl (C=O) groups is 3. The number of alkyl halides is 2. The summed E-state index contributed by atoms with van der Waals surface area (Å²) in [5, 5.41) is 4.67. The van der Waals surface area contributed by atoms with E-state index >= 15 is 0 Å². The molecule has 0 spiro atoms. The molecule has 1 fully saturated rings. The lowest BCUT2D eigenvalue weighted by atomic mass is 10.0. The first-order chi connectivity index (χ1) is 15.3. The number of hydrogen-bond acceptors (Lipinski definition) is 5. The van der Waals surface area contributed by atoms with Crippen molar-refractivity contribution in [1.82, 2.24) is 15.5 Å². The van der Waals surface area contributed by atoms with Gasteiger partial charge in [-0.25, -0.2) is 0 Å². The van der Waals surface area contributed by atoms with Crippen molar-refractivity contribution in [3.8, 4) is 5.75 Å². The van der Waals surface area contributed by atoms with Gasteiger partial charge in [0.2, 0.25) is 11.8 Å². The SMILES string of the molecule is COc1ccc(C(F)(F)C(=O)NCc2ccc3c(c2)CN(C2CCC(=O)NC2=O)C3)cc1. The van der Waals surface area contributed by atoms with Gasteiger partial charge in [-0.3, -0.25) is 24.6 Å². The molecule has 2 aromatic rings. The zero-order chi connectivity index (χ0) is 22.9. The van der Waals surface area contributed by atoms with Crippen LogP contribution in [0.25, 0.3) is 0 Å². The van der Waals surface area contributed by atoms with Gasteiger partial charge in [0.1, 0.15) is 5.75 Å². The maximum Gasteiger partial charge on any atom is 0.349 e. The van der Waals surface area contributed by atoms with Crippen molar-refractivity contribution in [3.63, 3.8) is 0 Å². The van der Waals surface area contributed by atoms with Gasteiger partial charge in [0.25, 0.3) is 5.91 Å². The molecule has 2 aliphatic heterocycles. The molecule has 0 aliphatic carbocycles. The van der Waals surface area contributed by atoms with Crippen LogP contribution in [-0.2, 0) is 39.9 Å². The van der Waals surface area contributed by atoms with Crippen molar-refractivity contribution in [2.24, 2.45) is 0 Å². The monoisotopic (exact) mass is 443 g/mol. The van der Waals surface area contributed by atoms with Crippen LogP contribution in [0.1, 0.15) is 35.1 Å². The van der Waals surface area contributed by atoms with Crippen LogP contribution in [-0.4, -0.2) is 35.8 Å². The van der Waals surface area contributed by atoms with Crippen LogP contribution in [0.4, 0.5) is 8.78 Å². The minimum atomic E-state index is -3.68. The molecule has 2 aromatic carbocycles.